The van der Waals surface area contributed by atoms with Gasteiger partial charge in [-0.2, -0.15) is 15.5 Å². The minimum atomic E-state index is -0.283. The summed E-state index contributed by atoms with van der Waals surface area (Å²) in [5, 5.41) is 19.7. The summed E-state index contributed by atoms with van der Waals surface area (Å²) in [5.41, 5.74) is 0.386. The SMILES string of the molecule is N#CCn1ccc(NC(=O)c2ccn(C3CCCC3)n2)n1. The topological polar surface area (TPSA) is 88.5 Å². The van der Waals surface area contributed by atoms with Gasteiger partial charge in [0, 0.05) is 18.5 Å². The molecule has 2 heterocycles. The Bertz CT molecular complexity index is 674. The Labute approximate surface area is 122 Å². The molecule has 2 aromatic heterocycles. The number of carbonyl (C=O) groups is 1. The van der Waals surface area contributed by atoms with Gasteiger partial charge in [0.05, 0.1) is 12.1 Å². The van der Waals surface area contributed by atoms with Crippen LogP contribution in [0, 0.1) is 11.3 Å². The van der Waals surface area contributed by atoms with Crippen LogP contribution in [0.4, 0.5) is 5.82 Å². The molecule has 108 valence electrons. The van der Waals surface area contributed by atoms with Crippen molar-refractivity contribution in [1.82, 2.24) is 19.6 Å². The fourth-order valence-electron chi connectivity index (χ4n) is 2.60. The Balaban J connectivity index is 1.66. The largest absolute Gasteiger partial charge is 0.304 e. The van der Waals surface area contributed by atoms with E-state index in [1.54, 1.807) is 18.3 Å². The summed E-state index contributed by atoms with van der Waals surface area (Å²) >= 11 is 0. The third-order valence-electron chi connectivity index (χ3n) is 3.65. The Morgan fingerprint density at radius 3 is 2.90 bits per heavy atom. The van der Waals surface area contributed by atoms with Crippen molar-refractivity contribution in [3.05, 3.63) is 30.2 Å². The molecular weight excluding hydrogens is 268 g/mol. The summed E-state index contributed by atoms with van der Waals surface area (Å²) in [6.45, 7) is 0.159. The molecule has 0 aromatic carbocycles. The van der Waals surface area contributed by atoms with Crippen LogP contribution >= 0.6 is 0 Å². The smallest absolute Gasteiger partial charge is 0.277 e. The first-order valence-corrected chi connectivity index (χ1v) is 7.03. The van der Waals surface area contributed by atoms with Gasteiger partial charge in [-0.25, -0.2) is 0 Å². The van der Waals surface area contributed by atoms with Gasteiger partial charge in [0.25, 0.3) is 5.91 Å². The molecule has 3 rings (SSSR count). The van der Waals surface area contributed by atoms with Crippen molar-refractivity contribution < 1.29 is 4.79 Å². The number of nitrogens with one attached hydrogen (secondary N) is 1. The lowest BCUT2D eigenvalue weighted by molar-refractivity contribution is 0.102. The molecule has 1 saturated carbocycles. The summed E-state index contributed by atoms with van der Waals surface area (Å²) in [5.74, 6) is 0.139. The second kappa shape index (κ2) is 5.79. The van der Waals surface area contributed by atoms with Crippen LogP contribution < -0.4 is 5.32 Å². The van der Waals surface area contributed by atoms with Crippen molar-refractivity contribution >= 4 is 11.7 Å². The lowest BCUT2D eigenvalue weighted by Crippen LogP contribution is -2.15. The van der Waals surface area contributed by atoms with Gasteiger partial charge in [-0.3, -0.25) is 14.2 Å². The molecule has 1 N–H and O–H groups in total. The molecule has 1 fully saturated rings. The molecule has 0 saturated heterocycles. The Hall–Kier alpha value is -2.62. The molecule has 0 atom stereocenters. The Morgan fingerprint density at radius 1 is 1.33 bits per heavy atom. The molecule has 0 aliphatic heterocycles. The third kappa shape index (κ3) is 2.94. The quantitative estimate of drug-likeness (QED) is 0.929. The molecule has 0 spiro atoms. The van der Waals surface area contributed by atoms with Gasteiger partial charge >= 0.3 is 0 Å². The number of rotatable bonds is 4. The van der Waals surface area contributed by atoms with Crippen LogP contribution in [0.1, 0.15) is 42.2 Å². The number of anilines is 1. The summed E-state index contributed by atoms with van der Waals surface area (Å²) in [6.07, 6.45) is 8.21. The standard InChI is InChI=1S/C14H16N6O/c15-7-10-19-8-6-13(18-19)16-14(21)12-5-9-20(17-12)11-3-1-2-4-11/h5-6,8-9,11H,1-4,10H2,(H,16,18,21). The van der Waals surface area contributed by atoms with Gasteiger partial charge in [-0.05, 0) is 18.9 Å². The number of amides is 1. The van der Waals surface area contributed by atoms with E-state index < -0.39 is 0 Å². The second-order valence-electron chi connectivity index (χ2n) is 5.13. The summed E-state index contributed by atoms with van der Waals surface area (Å²) in [6, 6.07) is 5.79. The maximum Gasteiger partial charge on any atom is 0.277 e. The number of carbonyl (C=O) groups excluding carboxylic acids is 1. The highest BCUT2D eigenvalue weighted by Gasteiger charge is 2.19. The van der Waals surface area contributed by atoms with Crippen molar-refractivity contribution in [3.8, 4) is 6.07 Å². The predicted octanol–water partition coefficient (Wildman–Crippen LogP) is 1.97. The first-order chi connectivity index (χ1) is 10.3. The second-order valence-corrected chi connectivity index (χ2v) is 5.13. The minimum absolute atomic E-state index is 0.159. The van der Waals surface area contributed by atoms with E-state index in [0.717, 1.165) is 12.8 Å². The van der Waals surface area contributed by atoms with Gasteiger partial charge in [-0.15, -0.1) is 0 Å². The zero-order valence-corrected chi connectivity index (χ0v) is 11.6. The summed E-state index contributed by atoms with van der Waals surface area (Å²) in [4.78, 5) is 12.1. The van der Waals surface area contributed by atoms with Crippen LogP contribution in [0.2, 0.25) is 0 Å². The molecular formula is C14H16N6O. The Morgan fingerprint density at radius 2 is 2.14 bits per heavy atom. The number of hydrogen-bond acceptors (Lipinski definition) is 4. The molecule has 0 unspecified atom stereocenters. The molecule has 1 amide bonds. The average Bonchev–Trinajstić information content (AvgIpc) is 3.20. The molecule has 0 radical (unpaired) electrons. The van der Waals surface area contributed by atoms with Crippen LogP contribution in [0.3, 0.4) is 0 Å². The fraction of sp³-hybridized carbons (Fsp3) is 0.429. The highest BCUT2D eigenvalue weighted by molar-refractivity contribution is 6.02. The van der Waals surface area contributed by atoms with Gasteiger partial charge in [0.15, 0.2) is 11.5 Å². The van der Waals surface area contributed by atoms with E-state index in [-0.39, 0.29) is 12.5 Å². The Kier molecular flexibility index (Phi) is 3.69. The zero-order chi connectivity index (χ0) is 14.7. The predicted molar refractivity (Wildman–Crippen MR) is 75.5 cm³/mol. The normalized spacial score (nSPS) is 15.0. The minimum Gasteiger partial charge on any atom is -0.304 e. The first kappa shape index (κ1) is 13.4. The lowest BCUT2D eigenvalue weighted by Gasteiger charge is -2.08. The van der Waals surface area contributed by atoms with Crippen LogP contribution in [-0.4, -0.2) is 25.5 Å². The molecule has 2 aromatic rings. The summed E-state index contributed by atoms with van der Waals surface area (Å²) in [7, 11) is 0. The molecule has 7 nitrogen and oxygen atoms in total. The van der Waals surface area contributed by atoms with Crippen molar-refractivity contribution in [3.63, 3.8) is 0 Å². The highest BCUT2D eigenvalue weighted by atomic mass is 16.2. The average molecular weight is 284 g/mol. The number of nitriles is 1. The third-order valence-corrected chi connectivity index (χ3v) is 3.65. The van der Waals surface area contributed by atoms with Gasteiger partial charge in [0.1, 0.15) is 6.54 Å². The molecule has 0 bridgehead atoms. The van der Waals surface area contributed by atoms with Gasteiger partial charge < -0.3 is 5.32 Å². The van der Waals surface area contributed by atoms with Crippen LogP contribution in [0.5, 0.6) is 0 Å². The van der Waals surface area contributed by atoms with E-state index in [1.807, 2.05) is 16.9 Å². The molecule has 21 heavy (non-hydrogen) atoms. The summed E-state index contributed by atoms with van der Waals surface area (Å²) < 4.78 is 3.35. The van der Waals surface area contributed by atoms with Gasteiger partial charge in [-0.1, -0.05) is 12.8 Å². The van der Waals surface area contributed by atoms with Crippen LogP contribution in [-0.2, 0) is 6.54 Å². The lowest BCUT2D eigenvalue weighted by atomic mass is 10.3. The monoisotopic (exact) mass is 284 g/mol. The van der Waals surface area contributed by atoms with Crippen LogP contribution in [0.25, 0.3) is 0 Å². The van der Waals surface area contributed by atoms with E-state index in [1.165, 1.54) is 17.5 Å². The van der Waals surface area contributed by atoms with Crippen molar-refractivity contribution in [2.45, 2.75) is 38.3 Å². The van der Waals surface area contributed by atoms with Crippen molar-refractivity contribution in [1.29, 1.82) is 5.26 Å². The maximum absolute atomic E-state index is 12.1. The number of aromatic nitrogens is 4. The van der Waals surface area contributed by atoms with Crippen molar-refractivity contribution in [2.75, 3.05) is 5.32 Å². The van der Waals surface area contributed by atoms with E-state index in [0.29, 0.717) is 17.6 Å². The molecule has 1 aliphatic carbocycles. The molecule has 7 heteroatoms. The number of nitrogens with zero attached hydrogens (tertiary/aromatic N) is 5. The van der Waals surface area contributed by atoms with Crippen LogP contribution in [0.15, 0.2) is 24.5 Å². The molecule has 1 aliphatic rings. The van der Waals surface area contributed by atoms with E-state index in [4.69, 9.17) is 5.26 Å². The van der Waals surface area contributed by atoms with Crippen molar-refractivity contribution in [2.24, 2.45) is 0 Å². The zero-order valence-electron chi connectivity index (χ0n) is 11.6. The fourth-order valence-corrected chi connectivity index (χ4v) is 2.60. The maximum atomic E-state index is 12.1. The first-order valence-electron chi connectivity index (χ1n) is 7.03. The van der Waals surface area contributed by atoms with E-state index >= 15 is 0 Å². The number of hydrogen-bond donors (Lipinski definition) is 1. The highest BCUT2D eigenvalue weighted by Crippen LogP contribution is 2.28. The van der Waals surface area contributed by atoms with E-state index in [9.17, 15) is 4.79 Å². The van der Waals surface area contributed by atoms with E-state index in [2.05, 4.69) is 15.5 Å². The van der Waals surface area contributed by atoms with Gasteiger partial charge in [0.2, 0.25) is 0 Å².